The summed E-state index contributed by atoms with van der Waals surface area (Å²) in [6, 6.07) is 8.75. The normalized spacial score (nSPS) is 14.0. The number of unbranched alkanes of at least 4 members (excludes halogenated alkanes) is 1. The Hall–Kier alpha value is -1.04. The van der Waals surface area contributed by atoms with E-state index in [4.69, 9.17) is 0 Å². The van der Waals surface area contributed by atoms with E-state index in [0.717, 1.165) is 12.8 Å². The van der Waals surface area contributed by atoms with E-state index in [9.17, 15) is 0 Å². The Morgan fingerprint density at radius 1 is 0.812 bits per heavy atom. The summed E-state index contributed by atoms with van der Waals surface area (Å²) in [4.78, 5) is 0. The van der Waals surface area contributed by atoms with Gasteiger partial charge in [0.2, 0.25) is 0 Å². The number of benzene rings is 1. The lowest BCUT2D eigenvalue weighted by Gasteiger charge is -2.18. The van der Waals surface area contributed by atoms with E-state index in [0.29, 0.717) is 0 Å². The predicted octanol–water partition coefficient (Wildman–Crippen LogP) is 4.93. The van der Waals surface area contributed by atoms with Crippen LogP contribution in [0, 0.1) is 0 Å². The van der Waals surface area contributed by atoms with Gasteiger partial charge in [0.15, 0.2) is 0 Å². The first-order chi connectivity index (χ1) is 7.69. The van der Waals surface area contributed by atoms with Crippen LogP contribution in [0.25, 0.3) is 0 Å². The lowest BCUT2D eigenvalue weighted by Crippen LogP contribution is -2.04. The Kier molecular flexibility index (Phi) is 5.31. The molecular formula is C16H24. The zero-order chi connectivity index (χ0) is 12.0. The van der Waals surface area contributed by atoms with Gasteiger partial charge in [0.1, 0.15) is 0 Å². The van der Waals surface area contributed by atoms with Crippen LogP contribution < -0.4 is 0 Å². The molecule has 0 nitrogen and oxygen atoms in total. The Labute approximate surface area is 100 Å². The molecule has 88 valence electrons. The molecule has 0 aromatic heterocycles. The van der Waals surface area contributed by atoms with Crippen LogP contribution in [0.4, 0.5) is 0 Å². The summed E-state index contributed by atoms with van der Waals surface area (Å²) in [5.41, 5.74) is 6.13. The van der Waals surface area contributed by atoms with E-state index in [1.54, 1.807) is 11.1 Å². The largest absolute Gasteiger partial charge is 0.0697 e. The summed E-state index contributed by atoms with van der Waals surface area (Å²) in [6.45, 7) is 8.84. The molecule has 2 rings (SSSR count). The Morgan fingerprint density at radius 2 is 1.19 bits per heavy atom. The van der Waals surface area contributed by atoms with Gasteiger partial charge in [0, 0.05) is 0 Å². The standard InChI is InChI=1S/C12H14.C4H10/c1-9-7-11-5-3-4-6-12(11)8-10(9)2;1-3-4-2/h3-6H,7-8H2,1-2H3;3-4H2,1-2H3. The smallest absolute Gasteiger partial charge is 0.00643 e. The zero-order valence-electron chi connectivity index (χ0n) is 11.1. The highest BCUT2D eigenvalue weighted by atomic mass is 14.2. The van der Waals surface area contributed by atoms with E-state index < -0.39 is 0 Å². The fourth-order valence-electron chi connectivity index (χ4n) is 1.78. The Balaban J connectivity index is 0.000000280. The van der Waals surface area contributed by atoms with Gasteiger partial charge >= 0.3 is 0 Å². The van der Waals surface area contributed by atoms with E-state index in [2.05, 4.69) is 52.0 Å². The highest BCUT2D eigenvalue weighted by Gasteiger charge is 2.10. The van der Waals surface area contributed by atoms with Crippen molar-refractivity contribution in [1.82, 2.24) is 0 Å². The second-order valence-corrected chi connectivity index (χ2v) is 4.68. The van der Waals surface area contributed by atoms with Crippen molar-refractivity contribution in [2.24, 2.45) is 0 Å². The second kappa shape index (κ2) is 6.52. The molecule has 0 radical (unpaired) electrons. The van der Waals surface area contributed by atoms with Crippen LogP contribution in [0.15, 0.2) is 35.4 Å². The number of hydrogen-bond donors (Lipinski definition) is 0. The molecule has 0 fully saturated rings. The van der Waals surface area contributed by atoms with E-state index in [1.165, 1.54) is 24.0 Å². The minimum Gasteiger partial charge on any atom is -0.0697 e. The molecule has 0 unspecified atom stereocenters. The third kappa shape index (κ3) is 3.52. The lowest BCUT2D eigenvalue weighted by atomic mass is 9.88. The molecule has 0 aliphatic heterocycles. The molecule has 0 saturated heterocycles. The van der Waals surface area contributed by atoms with Gasteiger partial charge in [-0.05, 0) is 37.8 Å². The van der Waals surface area contributed by atoms with Crippen LogP contribution >= 0.6 is 0 Å². The quantitative estimate of drug-likeness (QED) is 0.584. The lowest BCUT2D eigenvalue weighted by molar-refractivity contribution is 0.886. The second-order valence-electron chi connectivity index (χ2n) is 4.68. The third-order valence-corrected chi connectivity index (χ3v) is 3.26. The van der Waals surface area contributed by atoms with Gasteiger partial charge in [-0.3, -0.25) is 0 Å². The molecule has 0 bridgehead atoms. The van der Waals surface area contributed by atoms with E-state index >= 15 is 0 Å². The topological polar surface area (TPSA) is 0 Å². The van der Waals surface area contributed by atoms with Crippen LogP contribution in [-0.2, 0) is 12.8 Å². The van der Waals surface area contributed by atoms with Gasteiger partial charge < -0.3 is 0 Å². The summed E-state index contributed by atoms with van der Waals surface area (Å²) < 4.78 is 0. The molecule has 1 aromatic carbocycles. The van der Waals surface area contributed by atoms with Crippen molar-refractivity contribution in [2.45, 2.75) is 53.4 Å². The highest BCUT2D eigenvalue weighted by Crippen LogP contribution is 2.24. The maximum atomic E-state index is 2.24. The van der Waals surface area contributed by atoms with Gasteiger partial charge in [0.25, 0.3) is 0 Å². The molecule has 0 N–H and O–H groups in total. The number of allylic oxidation sites excluding steroid dienone is 2. The first-order valence-electron chi connectivity index (χ1n) is 6.41. The Morgan fingerprint density at radius 3 is 1.50 bits per heavy atom. The molecule has 1 aliphatic carbocycles. The molecule has 1 aromatic rings. The minimum absolute atomic E-state index is 1.15. The summed E-state index contributed by atoms with van der Waals surface area (Å²) in [7, 11) is 0. The van der Waals surface area contributed by atoms with Gasteiger partial charge in [-0.25, -0.2) is 0 Å². The van der Waals surface area contributed by atoms with Crippen molar-refractivity contribution >= 4 is 0 Å². The number of fused-ring (bicyclic) bond motifs is 1. The summed E-state index contributed by atoms with van der Waals surface area (Å²) >= 11 is 0. The first-order valence-corrected chi connectivity index (χ1v) is 6.41. The third-order valence-electron chi connectivity index (χ3n) is 3.26. The van der Waals surface area contributed by atoms with Crippen molar-refractivity contribution < 1.29 is 0 Å². The first kappa shape index (κ1) is 13.0. The molecule has 0 heteroatoms. The predicted molar refractivity (Wildman–Crippen MR) is 72.8 cm³/mol. The van der Waals surface area contributed by atoms with Crippen molar-refractivity contribution in [3.8, 4) is 0 Å². The van der Waals surface area contributed by atoms with Crippen LogP contribution in [0.3, 0.4) is 0 Å². The molecular weight excluding hydrogens is 192 g/mol. The molecule has 0 atom stereocenters. The number of hydrogen-bond acceptors (Lipinski definition) is 0. The molecule has 0 saturated carbocycles. The fourth-order valence-corrected chi connectivity index (χ4v) is 1.78. The maximum absolute atomic E-state index is 2.24. The van der Waals surface area contributed by atoms with Crippen LogP contribution in [-0.4, -0.2) is 0 Å². The summed E-state index contributed by atoms with van der Waals surface area (Å²) in [6.07, 6.45) is 4.95. The fraction of sp³-hybridized carbons (Fsp3) is 0.500. The Bertz CT molecular complexity index is 323. The van der Waals surface area contributed by atoms with Crippen LogP contribution in [0.5, 0.6) is 0 Å². The van der Waals surface area contributed by atoms with Gasteiger partial charge in [-0.2, -0.15) is 0 Å². The van der Waals surface area contributed by atoms with Gasteiger partial charge in [-0.15, -0.1) is 0 Å². The monoisotopic (exact) mass is 216 g/mol. The highest BCUT2D eigenvalue weighted by molar-refractivity contribution is 5.39. The molecule has 0 spiro atoms. The summed E-state index contributed by atoms with van der Waals surface area (Å²) in [5.74, 6) is 0. The van der Waals surface area contributed by atoms with E-state index in [1.807, 2.05) is 0 Å². The zero-order valence-corrected chi connectivity index (χ0v) is 11.1. The van der Waals surface area contributed by atoms with Crippen molar-refractivity contribution in [3.63, 3.8) is 0 Å². The number of rotatable bonds is 1. The van der Waals surface area contributed by atoms with Gasteiger partial charge in [0.05, 0.1) is 0 Å². The van der Waals surface area contributed by atoms with E-state index in [-0.39, 0.29) is 0 Å². The van der Waals surface area contributed by atoms with Crippen molar-refractivity contribution in [2.75, 3.05) is 0 Å². The molecule has 16 heavy (non-hydrogen) atoms. The molecule has 0 heterocycles. The average molecular weight is 216 g/mol. The van der Waals surface area contributed by atoms with Crippen molar-refractivity contribution in [3.05, 3.63) is 46.5 Å². The van der Waals surface area contributed by atoms with Crippen LogP contribution in [0.2, 0.25) is 0 Å². The van der Waals surface area contributed by atoms with Crippen LogP contribution in [0.1, 0.15) is 51.7 Å². The van der Waals surface area contributed by atoms with Crippen molar-refractivity contribution in [1.29, 1.82) is 0 Å². The summed E-state index contributed by atoms with van der Waals surface area (Å²) in [5, 5.41) is 0. The average Bonchev–Trinajstić information content (AvgIpc) is 2.31. The van der Waals surface area contributed by atoms with Gasteiger partial charge in [-0.1, -0.05) is 62.1 Å². The minimum atomic E-state index is 1.15. The molecule has 0 amide bonds. The molecule has 1 aliphatic rings. The maximum Gasteiger partial charge on any atom is -0.00643 e. The SMILES string of the molecule is CC1=C(C)Cc2ccccc2C1.CCCC.